The second-order valence-electron chi connectivity index (χ2n) is 5.29. The fourth-order valence-corrected chi connectivity index (χ4v) is 3.67. The van der Waals surface area contributed by atoms with Gasteiger partial charge in [-0.05, 0) is 13.8 Å². The summed E-state index contributed by atoms with van der Waals surface area (Å²) in [5, 5.41) is 3.64. The predicted octanol–water partition coefficient (Wildman–Crippen LogP) is -0.490. The van der Waals surface area contributed by atoms with Crippen LogP contribution < -0.4 is 11.2 Å². The van der Waals surface area contributed by atoms with Crippen LogP contribution in [-0.2, 0) is 30.7 Å². The summed E-state index contributed by atoms with van der Waals surface area (Å²) < 4.78 is 33.4. The Morgan fingerprint density at radius 3 is 2.35 bits per heavy atom. The Morgan fingerprint density at radius 1 is 1.22 bits per heavy atom. The first-order valence-corrected chi connectivity index (χ1v) is 8.16. The maximum atomic E-state index is 12.6. The molecule has 0 amide bonds. The van der Waals surface area contributed by atoms with Crippen LogP contribution in [0, 0.1) is 13.8 Å². The highest BCUT2D eigenvalue weighted by molar-refractivity contribution is 7.89. The highest BCUT2D eigenvalue weighted by Crippen LogP contribution is 2.23. The van der Waals surface area contributed by atoms with E-state index in [1.807, 2.05) is 0 Å². The average molecular weight is 342 g/mol. The molecule has 0 aliphatic heterocycles. The van der Waals surface area contributed by atoms with E-state index in [0.717, 1.165) is 8.87 Å². The van der Waals surface area contributed by atoms with Crippen LogP contribution in [0.25, 0.3) is 0 Å². The lowest BCUT2D eigenvalue weighted by molar-refractivity contribution is 0.389. The van der Waals surface area contributed by atoms with Gasteiger partial charge in [0.25, 0.3) is 5.56 Å². The summed E-state index contributed by atoms with van der Waals surface area (Å²) in [4.78, 5) is 23.6. The van der Waals surface area contributed by atoms with E-state index in [1.54, 1.807) is 0 Å². The Kier molecular flexibility index (Phi) is 4.31. The van der Waals surface area contributed by atoms with Gasteiger partial charge in [0.15, 0.2) is 5.76 Å². The number of hydrogen-bond acceptors (Lipinski definition) is 6. The topological polar surface area (TPSA) is 107 Å². The molecule has 23 heavy (non-hydrogen) atoms. The molecule has 0 atom stereocenters. The van der Waals surface area contributed by atoms with Crippen molar-refractivity contribution in [2.45, 2.75) is 25.3 Å². The molecular formula is C13H18N4O5S. The molecule has 0 saturated heterocycles. The van der Waals surface area contributed by atoms with Gasteiger partial charge in [-0.25, -0.2) is 13.2 Å². The van der Waals surface area contributed by atoms with Crippen LogP contribution in [0.15, 0.2) is 25.1 Å². The number of nitrogens with zero attached hydrogens (tertiary/aromatic N) is 4. The number of aromatic nitrogens is 3. The van der Waals surface area contributed by atoms with Crippen molar-refractivity contribution in [3.63, 3.8) is 0 Å². The van der Waals surface area contributed by atoms with Crippen molar-refractivity contribution in [2.75, 3.05) is 7.05 Å². The van der Waals surface area contributed by atoms with Crippen LogP contribution in [0.5, 0.6) is 0 Å². The minimum atomic E-state index is -3.85. The third-order valence-electron chi connectivity index (χ3n) is 3.65. The molecule has 0 unspecified atom stereocenters. The van der Waals surface area contributed by atoms with E-state index in [1.165, 1.54) is 45.6 Å². The molecule has 2 aromatic heterocycles. The van der Waals surface area contributed by atoms with Gasteiger partial charge in [-0.1, -0.05) is 5.16 Å². The lowest BCUT2D eigenvalue weighted by atomic mass is 10.4. The van der Waals surface area contributed by atoms with Crippen molar-refractivity contribution in [1.29, 1.82) is 0 Å². The van der Waals surface area contributed by atoms with Gasteiger partial charge in [0, 0.05) is 32.9 Å². The van der Waals surface area contributed by atoms with Gasteiger partial charge in [-0.2, -0.15) is 4.31 Å². The quantitative estimate of drug-likeness (QED) is 0.742. The van der Waals surface area contributed by atoms with Crippen molar-refractivity contribution in [1.82, 2.24) is 18.6 Å². The number of rotatable bonds is 4. The van der Waals surface area contributed by atoms with Crippen LogP contribution in [0.3, 0.4) is 0 Å². The molecule has 10 heteroatoms. The molecule has 2 rings (SSSR count). The number of hydrogen-bond donors (Lipinski definition) is 0. The van der Waals surface area contributed by atoms with Gasteiger partial charge in [0.1, 0.15) is 10.6 Å². The Hall–Kier alpha value is -2.20. The number of aryl methyl sites for hydroxylation is 2. The Bertz CT molecular complexity index is 948. The molecule has 2 heterocycles. The normalized spacial score (nSPS) is 12.1. The van der Waals surface area contributed by atoms with Gasteiger partial charge >= 0.3 is 5.69 Å². The zero-order chi connectivity index (χ0) is 17.5. The van der Waals surface area contributed by atoms with E-state index >= 15 is 0 Å². The largest absolute Gasteiger partial charge is 0.360 e. The van der Waals surface area contributed by atoms with E-state index in [4.69, 9.17) is 4.52 Å². The van der Waals surface area contributed by atoms with Crippen molar-refractivity contribution < 1.29 is 12.9 Å². The fraction of sp³-hybridized carbons (Fsp3) is 0.462. The zero-order valence-corrected chi connectivity index (χ0v) is 14.3. The Morgan fingerprint density at radius 2 is 1.83 bits per heavy atom. The zero-order valence-electron chi connectivity index (χ0n) is 13.5. The monoisotopic (exact) mass is 342 g/mol. The van der Waals surface area contributed by atoms with E-state index in [-0.39, 0.29) is 28.6 Å². The van der Waals surface area contributed by atoms with E-state index in [9.17, 15) is 18.0 Å². The molecule has 0 saturated carbocycles. The van der Waals surface area contributed by atoms with Gasteiger partial charge in [-0.15, -0.1) is 0 Å². The van der Waals surface area contributed by atoms with E-state index in [0.29, 0.717) is 0 Å². The van der Waals surface area contributed by atoms with Crippen molar-refractivity contribution in [3.8, 4) is 0 Å². The second kappa shape index (κ2) is 5.78. The second-order valence-corrected chi connectivity index (χ2v) is 7.27. The first-order valence-electron chi connectivity index (χ1n) is 6.72. The van der Waals surface area contributed by atoms with Crippen LogP contribution in [0.4, 0.5) is 0 Å². The third-order valence-corrected chi connectivity index (χ3v) is 5.69. The van der Waals surface area contributed by atoms with Crippen LogP contribution in [0.1, 0.15) is 17.1 Å². The van der Waals surface area contributed by atoms with Gasteiger partial charge in [0.2, 0.25) is 10.0 Å². The van der Waals surface area contributed by atoms with Gasteiger partial charge < -0.3 is 4.52 Å². The molecule has 0 aromatic carbocycles. The highest BCUT2D eigenvalue weighted by Gasteiger charge is 2.29. The van der Waals surface area contributed by atoms with E-state index in [2.05, 4.69) is 5.16 Å². The Labute approximate surface area is 132 Å². The standard InChI is InChI=1S/C13H18N4O5S/c1-8-12(9(2)22-14-8)23(20,21)15(3)7-10-6-11(18)17(5)13(19)16(10)4/h6H,7H2,1-5H3. The maximum absolute atomic E-state index is 12.6. The lowest BCUT2D eigenvalue weighted by Gasteiger charge is -2.18. The molecule has 0 N–H and O–H groups in total. The Balaban J connectivity index is 2.46. The fourth-order valence-electron chi connectivity index (χ4n) is 2.24. The predicted molar refractivity (Wildman–Crippen MR) is 81.6 cm³/mol. The van der Waals surface area contributed by atoms with Crippen LogP contribution in [0.2, 0.25) is 0 Å². The highest BCUT2D eigenvalue weighted by atomic mass is 32.2. The van der Waals surface area contributed by atoms with Crippen LogP contribution >= 0.6 is 0 Å². The molecule has 2 aromatic rings. The van der Waals surface area contributed by atoms with Gasteiger partial charge in [0.05, 0.1) is 6.54 Å². The summed E-state index contributed by atoms with van der Waals surface area (Å²) >= 11 is 0. The summed E-state index contributed by atoms with van der Waals surface area (Å²) in [5.41, 5.74) is -0.468. The minimum Gasteiger partial charge on any atom is -0.360 e. The SMILES string of the molecule is Cc1noc(C)c1S(=O)(=O)N(C)Cc1cc(=O)n(C)c(=O)n1C. The lowest BCUT2D eigenvalue weighted by Crippen LogP contribution is -2.39. The maximum Gasteiger partial charge on any atom is 0.330 e. The minimum absolute atomic E-state index is 0.00571. The van der Waals surface area contributed by atoms with E-state index < -0.39 is 21.3 Å². The molecule has 0 radical (unpaired) electrons. The summed E-state index contributed by atoms with van der Waals surface area (Å²) in [5.74, 6) is 0.187. The molecule has 126 valence electrons. The van der Waals surface area contributed by atoms with Crippen molar-refractivity contribution >= 4 is 10.0 Å². The molecule has 0 bridgehead atoms. The first kappa shape index (κ1) is 17.2. The smallest absolute Gasteiger partial charge is 0.330 e. The van der Waals surface area contributed by atoms with Gasteiger partial charge in [-0.3, -0.25) is 13.9 Å². The molecule has 0 aliphatic rings. The van der Waals surface area contributed by atoms with Crippen molar-refractivity contribution in [2.24, 2.45) is 14.1 Å². The summed E-state index contributed by atoms with van der Waals surface area (Å²) in [6.07, 6.45) is 0. The molecular weight excluding hydrogens is 324 g/mol. The third kappa shape index (κ3) is 2.86. The number of sulfonamides is 1. The molecule has 0 spiro atoms. The van der Waals surface area contributed by atoms with Crippen LogP contribution in [-0.4, -0.2) is 34.1 Å². The average Bonchev–Trinajstić information content (AvgIpc) is 2.82. The molecule has 0 fully saturated rings. The van der Waals surface area contributed by atoms with Crippen molar-refractivity contribution in [3.05, 3.63) is 44.1 Å². The summed E-state index contributed by atoms with van der Waals surface area (Å²) in [7, 11) is 0.349. The molecule has 0 aliphatic carbocycles. The summed E-state index contributed by atoms with van der Waals surface area (Å²) in [6, 6.07) is 1.24. The molecule has 9 nitrogen and oxygen atoms in total. The summed E-state index contributed by atoms with van der Waals surface area (Å²) in [6.45, 7) is 2.91. The first-order chi connectivity index (χ1) is 10.6.